The molecule has 0 amide bonds. The topological polar surface area (TPSA) is 6.25 Å². The number of benzene rings is 1. The molecule has 2 aliphatic heterocycles. The van der Waals surface area contributed by atoms with Gasteiger partial charge in [0.05, 0.1) is 5.75 Å². The number of anilines is 1. The first-order chi connectivity index (χ1) is 17.6. The van der Waals surface area contributed by atoms with E-state index in [0.717, 1.165) is 18.4 Å². The monoisotopic (exact) mass is 505 g/mol. The molecule has 0 bridgehead atoms. The Hall–Kier alpha value is -1.48. The highest BCUT2D eigenvalue weighted by Crippen LogP contribution is 2.47. The lowest BCUT2D eigenvalue weighted by Crippen LogP contribution is -2.27. The van der Waals surface area contributed by atoms with E-state index in [4.69, 9.17) is 0 Å². The number of hydrogen-bond donors (Lipinski definition) is 0. The molecule has 0 N–H and O–H groups in total. The van der Waals surface area contributed by atoms with Crippen LogP contribution in [-0.4, -0.2) is 35.0 Å². The van der Waals surface area contributed by atoms with Gasteiger partial charge < -0.3 is 4.90 Å². The lowest BCUT2D eigenvalue weighted by molar-refractivity contribution is -0.517. The Bertz CT molecular complexity index is 960. The highest BCUT2D eigenvalue weighted by molar-refractivity contribution is 8.14. The molecule has 1 aromatic carbocycles. The van der Waals surface area contributed by atoms with Crippen LogP contribution >= 0.6 is 11.8 Å². The van der Waals surface area contributed by atoms with Crippen molar-refractivity contribution in [3.05, 3.63) is 53.8 Å². The second-order valence-corrected chi connectivity index (χ2v) is 13.4. The van der Waals surface area contributed by atoms with Crippen molar-refractivity contribution in [3.63, 3.8) is 0 Å². The maximum atomic E-state index is 2.64. The zero-order chi connectivity index (χ0) is 24.8. The van der Waals surface area contributed by atoms with Crippen molar-refractivity contribution in [3.8, 4) is 0 Å². The van der Waals surface area contributed by atoms with Gasteiger partial charge in [-0.05, 0) is 48.8 Å². The largest absolute Gasteiger partial charge is 0.344 e. The van der Waals surface area contributed by atoms with Crippen molar-refractivity contribution in [2.45, 2.75) is 103 Å². The molecule has 2 heterocycles. The smallest absolute Gasteiger partial charge is 0.234 e. The van der Waals surface area contributed by atoms with Gasteiger partial charge in [-0.2, -0.15) is 0 Å². The molecule has 2 aliphatic carbocycles. The quantitative estimate of drug-likeness (QED) is 0.219. The zero-order valence-electron chi connectivity index (χ0n) is 23.0. The van der Waals surface area contributed by atoms with Crippen LogP contribution in [0.15, 0.2) is 48.2 Å². The Morgan fingerprint density at radius 2 is 1.64 bits per heavy atom. The van der Waals surface area contributed by atoms with Crippen LogP contribution in [0.3, 0.4) is 0 Å². The Labute approximate surface area is 225 Å². The van der Waals surface area contributed by atoms with Crippen LogP contribution < -0.4 is 4.90 Å². The summed E-state index contributed by atoms with van der Waals surface area (Å²) < 4.78 is 2.64. The third kappa shape index (κ3) is 6.14. The van der Waals surface area contributed by atoms with E-state index < -0.39 is 0 Å². The summed E-state index contributed by atoms with van der Waals surface area (Å²) in [6.45, 7) is 8.43. The molecule has 3 heteroatoms. The third-order valence-corrected chi connectivity index (χ3v) is 10.5. The van der Waals surface area contributed by atoms with Gasteiger partial charge in [-0.25, -0.2) is 4.58 Å². The summed E-state index contributed by atoms with van der Waals surface area (Å²) in [5.74, 6) is 3.25. The highest BCUT2D eigenvalue weighted by Gasteiger charge is 2.39. The molecule has 4 aliphatic rings. The summed E-state index contributed by atoms with van der Waals surface area (Å²) in [6, 6.07) is 9.11. The fourth-order valence-corrected chi connectivity index (χ4v) is 8.37. The number of para-hydroxylation sites is 1. The number of thioether (sulfide) groups is 1. The molecule has 5 rings (SSSR count). The van der Waals surface area contributed by atoms with E-state index in [-0.39, 0.29) is 5.41 Å². The molecular weight excluding hydrogens is 456 g/mol. The van der Waals surface area contributed by atoms with Gasteiger partial charge >= 0.3 is 0 Å². The molecule has 0 aromatic heterocycles. The van der Waals surface area contributed by atoms with Crippen molar-refractivity contribution < 1.29 is 4.58 Å². The first-order valence-electron chi connectivity index (χ1n) is 15.1. The molecule has 36 heavy (non-hydrogen) atoms. The molecule has 2 saturated carbocycles. The maximum Gasteiger partial charge on any atom is 0.234 e. The molecule has 0 radical (unpaired) electrons. The van der Waals surface area contributed by atoms with Crippen molar-refractivity contribution in [1.82, 2.24) is 0 Å². The second kappa shape index (κ2) is 12.4. The maximum absolute atomic E-state index is 2.64. The lowest BCUT2D eigenvalue weighted by atomic mass is 9.84. The van der Waals surface area contributed by atoms with E-state index in [1.165, 1.54) is 124 Å². The first-order valence-corrected chi connectivity index (χ1v) is 16.1. The molecule has 0 atom stereocenters. The molecule has 2 nitrogen and oxygen atoms in total. The summed E-state index contributed by atoms with van der Waals surface area (Å²) >= 11 is 2.05. The molecule has 0 unspecified atom stereocenters. The van der Waals surface area contributed by atoms with Crippen LogP contribution in [0.4, 0.5) is 5.69 Å². The number of nitrogens with zero attached hydrogens (tertiary/aromatic N) is 2. The fraction of sp³-hybridized carbons (Fsp3) is 0.667. The van der Waals surface area contributed by atoms with Gasteiger partial charge in [0.1, 0.15) is 6.54 Å². The van der Waals surface area contributed by atoms with Crippen LogP contribution in [0.2, 0.25) is 0 Å². The zero-order valence-corrected chi connectivity index (χ0v) is 23.8. The molecule has 2 fully saturated rings. The number of unbranched alkanes of at least 4 members (excludes halogenated alkanes) is 1. The van der Waals surface area contributed by atoms with Crippen LogP contribution in [0, 0.1) is 11.8 Å². The number of hydrogen-bond acceptors (Lipinski definition) is 2. The van der Waals surface area contributed by atoms with Gasteiger partial charge in [-0.3, -0.25) is 0 Å². The lowest BCUT2D eigenvalue weighted by Gasteiger charge is -2.27. The summed E-state index contributed by atoms with van der Waals surface area (Å²) in [4.78, 5) is 2.64. The predicted octanol–water partition coefficient (Wildman–Crippen LogP) is 8.71. The van der Waals surface area contributed by atoms with E-state index >= 15 is 0 Å². The Morgan fingerprint density at radius 1 is 0.944 bits per heavy atom. The third-order valence-electron chi connectivity index (χ3n) is 9.45. The second-order valence-electron chi connectivity index (χ2n) is 12.3. The average Bonchev–Trinajstić information content (AvgIpc) is 3.68. The van der Waals surface area contributed by atoms with Crippen LogP contribution in [0.1, 0.15) is 103 Å². The van der Waals surface area contributed by atoms with Gasteiger partial charge in [-0.15, -0.1) is 0 Å². The van der Waals surface area contributed by atoms with Crippen LogP contribution in [0.25, 0.3) is 0 Å². The van der Waals surface area contributed by atoms with Gasteiger partial charge in [0, 0.05) is 35.8 Å². The van der Waals surface area contributed by atoms with E-state index in [1.54, 1.807) is 0 Å². The molecule has 0 spiro atoms. The molecular formula is C33H49N2S+. The molecule has 0 saturated heterocycles. The van der Waals surface area contributed by atoms with Crippen LogP contribution in [0.5, 0.6) is 0 Å². The molecule has 1 aromatic rings. The Morgan fingerprint density at radius 3 is 2.39 bits per heavy atom. The van der Waals surface area contributed by atoms with Crippen molar-refractivity contribution in [1.29, 1.82) is 0 Å². The number of allylic oxidation sites excluding steroid dienone is 3. The van der Waals surface area contributed by atoms with E-state index in [0.29, 0.717) is 0 Å². The van der Waals surface area contributed by atoms with Crippen LogP contribution in [-0.2, 0) is 5.41 Å². The van der Waals surface area contributed by atoms with Gasteiger partial charge in [0.25, 0.3) is 0 Å². The van der Waals surface area contributed by atoms with Crippen molar-refractivity contribution in [2.75, 3.05) is 30.3 Å². The average molecular weight is 506 g/mol. The number of fused-ring (bicyclic) bond motifs is 1. The normalized spacial score (nSPS) is 23.7. The van der Waals surface area contributed by atoms with Gasteiger partial charge in [0.15, 0.2) is 6.54 Å². The summed E-state index contributed by atoms with van der Waals surface area (Å²) in [5, 5.41) is 1.48. The van der Waals surface area contributed by atoms with Crippen molar-refractivity contribution in [2.24, 2.45) is 11.8 Å². The fourth-order valence-electron chi connectivity index (χ4n) is 7.31. The van der Waals surface area contributed by atoms with Crippen molar-refractivity contribution >= 4 is 22.5 Å². The Balaban J connectivity index is 1.24. The summed E-state index contributed by atoms with van der Waals surface area (Å²) in [5.41, 5.74) is 4.44. The molecule has 196 valence electrons. The Kier molecular flexibility index (Phi) is 8.99. The standard InChI is InChI=1S/C33H49N2S/c1-33(2)29-19-7-8-20-30(29)35(24-12-18-28-15-5-6-16-28)31(33)21-11-22-32-34(25-26-36-32)23-10-9-17-27-13-3-4-14-27/h7-8,11,19-22,27-28H,3-6,9-10,12-18,23-26H2,1-2H3/q+1. The van der Waals surface area contributed by atoms with Gasteiger partial charge in [0.2, 0.25) is 5.04 Å². The minimum atomic E-state index is 0.0572. The minimum Gasteiger partial charge on any atom is -0.344 e. The number of rotatable bonds is 11. The predicted molar refractivity (Wildman–Crippen MR) is 158 cm³/mol. The summed E-state index contributed by atoms with van der Waals surface area (Å²) in [7, 11) is 0. The van der Waals surface area contributed by atoms with E-state index in [9.17, 15) is 0 Å². The first kappa shape index (κ1) is 26.1. The summed E-state index contributed by atoms with van der Waals surface area (Å²) in [6.07, 6.45) is 25.9. The SMILES string of the molecule is CC1(C)/C(=C\C=C\C2=[N+](CCCCC3CCCC3)CCS2)N(CCCC2CCCC2)c2ccccc21. The minimum absolute atomic E-state index is 0.0572. The van der Waals surface area contributed by atoms with Gasteiger partial charge in [-0.1, -0.05) is 108 Å². The van der Waals surface area contributed by atoms with E-state index in [2.05, 4.69) is 65.8 Å². The highest BCUT2D eigenvalue weighted by atomic mass is 32.2. The van der Waals surface area contributed by atoms with E-state index in [1.807, 2.05) is 11.8 Å².